The van der Waals surface area contributed by atoms with Gasteiger partial charge in [-0.25, -0.2) is 9.97 Å². The van der Waals surface area contributed by atoms with Gasteiger partial charge in [-0.2, -0.15) is 5.26 Å². The fourth-order valence-corrected chi connectivity index (χ4v) is 1.93. The predicted molar refractivity (Wildman–Crippen MR) is 56.9 cm³/mol. The van der Waals surface area contributed by atoms with E-state index in [1.54, 1.807) is 24.0 Å². The molecule has 0 amide bonds. The number of thioether (sulfide) groups is 1. The number of hydrogen-bond donors (Lipinski definition) is 0. The van der Waals surface area contributed by atoms with Crippen LogP contribution in [0.15, 0.2) is 17.4 Å². The van der Waals surface area contributed by atoms with Gasteiger partial charge in [-0.1, -0.05) is 25.6 Å². The SMILES string of the molecule is CC(C)CCSc1nccc(C#N)n1. The van der Waals surface area contributed by atoms with Crippen LogP contribution in [0.2, 0.25) is 0 Å². The van der Waals surface area contributed by atoms with E-state index in [1.807, 2.05) is 6.07 Å². The molecule has 0 aliphatic carbocycles. The summed E-state index contributed by atoms with van der Waals surface area (Å²) in [7, 11) is 0. The summed E-state index contributed by atoms with van der Waals surface area (Å²) in [5.74, 6) is 1.70. The van der Waals surface area contributed by atoms with Crippen LogP contribution in [-0.2, 0) is 0 Å². The molecule has 0 saturated heterocycles. The molecule has 0 atom stereocenters. The zero-order valence-corrected chi connectivity index (χ0v) is 9.21. The fraction of sp³-hybridized carbons (Fsp3) is 0.500. The normalized spacial score (nSPS) is 10.1. The van der Waals surface area contributed by atoms with Crippen molar-refractivity contribution in [1.29, 1.82) is 5.26 Å². The molecule has 0 spiro atoms. The smallest absolute Gasteiger partial charge is 0.188 e. The average molecular weight is 207 g/mol. The topological polar surface area (TPSA) is 49.6 Å². The molecule has 0 aliphatic heterocycles. The molecule has 74 valence electrons. The Kier molecular flexibility index (Phi) is 4.41. The molecule has 1 heterocycles. The lowest BCUT2D eigenvalue weighted by molar-refractivity contribution is 0.631. The molecule has 0 fully saturated rings. The third-order valence-corrected chi connectivity index (χ3v) is 2.57. The van der Waals surface area contributed by atoms with Crippen molar-refractivity contribution in [2.24, 2.45) is 5.92 Å². The third-order valence-electron chi connectivity index (χ3n) is 1.67. The molecule has 3 nitrogen and oxygen atoms in total. The van der Waals surface area contributed by atoms with E-state index in [9.17, 15) is 0 Å². The minimum absolute atomic E-state index is 0.437. The summed E-state index contributed by atoms with van der Waals surface area (Å²) in [6.45, 7) is 4.38. The standard InChI is InChI=1S/C10H13N3S/c1-8(2)4-6-14-10-12-5-3-9(7-11)13-10/h3,5,8H,4,6H2,1-2H3. The van der Waals surface area contributed by atoms with Crippen molar-refractivity contribution in [2.75, 3.05) is 5.75 Å². The maximum Gasteiger partial charge on any atom is 0.188 e. The van der Waals surface area contributed by atoms with E-state index in [4.69, 9.17) is 5.26 Å². The summed E-state index contributed by atoms with van der Waals surface area (Å²) in [6.07, 6.45) is 2.77. The van der Waals surface area contributed by atoms with Crippen LogP contribution in [0, 0.1) is 17.2 Å². The first kappa shape index (κ1) is 11.0. The van der Waals surface area contributed by atoms with Gasteiger partial charge in [-0.3, -0.25) is 0 Å². The first-order chi connectivity index (χ1) is 6.72. The Bertz CT molecular complexity index is 330. The van der Waals surface area contributed by atoms with Crippen LogP contribution in [0.1, 0.15) is 26.0 Å². The van der Waals surface area contributed by atoms with Crippen molar-refractivity contribution >= 4 is 11.8 Å². The maximum absolute atomic E-state index is 8.63. The lowest BCUT2D eigenvalue weighted by atomic mass is 10.2. The maximum atomic E-state index is 8.63. The summed E-state index contributed by atoms with van der Waals surface area (Å²) >= 11 is 1.60. The summed E-state index contributed by atoms with van der Waals surface area (Å²) in [4.78, 5) is 8.16. The largest absolute Gasteiger partial charge is 0.231 e. The van der Waals surface area contributed by atoms with Gasteiger partial charge >= 0.3 is 0 Å². The van der Waals surface area contributed by atoms with Crippen LogP contribution >= 0.6 is 11.8 Å². The highest BCUT2D eigenvalue weighted by molar-refractivity contribution is 7.99. The number of aromatic nitrogens is 2. The molecule has 0 aliphatic rings. The Morgan fingerprint density at radius 2 is 2.36 bits per heavy atom. The molecule has 14 heavy (non-hydrogen) atoms. The Balaban J connectivity index is 2.47. The summed E-state index contributed by atoms with van der Waals surface area (Å²) < 4.78 is 0. The van der Waals surface area contributed by atoms with E-state index in [2.05, 4.69) is 23.8 Å². The van der Waals surface area contributed by atoms with Crippen LogP contribution in [0.25, 0.3) is 0 Å². The number of nitriles is 1. The van der Waals surface area contributed by atoms with Gasteiger partial charge in [0, 0.05) is 11.9 Å². The van der Waals surface area contributed by atoms with E-state index in [-0.39, 0.29) is 0 Å². The number of rotatable bonds is 4. The lowest BCUT2D eigenvalue weighted by Crippen LogP contribution is -1.93. The van der Waals surface area contributed by atoms with E-state index in [0.717, 1.165) is 12.2 Å². The van der Waals surface area contributed by atoms with Crippen LogP contribution in [0.5, 0.6) is 0 Å². The van der Waals surface area contributed by atoms with Crippen molar-refractivity contribution in [3.05, 3.63) is 18.0 Å². The highest BCUT2D eigenvalue weighted by Gasteiger charge is 2.00. The highest BCUT2D eigenvalue weighted by Crippen LogP contribution is 2.15. The molecule has 0 radical (unpaired) electrons. The minimum Gasteiger partial charge on any atom is -0.231 e. The average Bonchev–Trinajstić information content (AvgIpc) is 2.18. The van der Waals surface area contributed by atoms with E-state index < -0.39 is 0 Å². The van der Waals surface area contributed by atoms with Crippen molar-refractivity contribution in [2.45, 2.75) is 25.4 Å². The Morgan fingerprint density at radius 1 is 1.57 bits per heavy atom. The minimum atomic E-state index is 0.437. The van der Waals surface area contributed by atoms with Crippen molar-refractivity contribution in [3.63, 3.8) is 0 Å². The van der Waals surface area contributed by atoms with Crippen LogP contribution < -0.4 is 0 Å². The molecular weight excluding hydrogens is 194 g/mol. The number of nitrogens with zero attached hydrogens (tertiary/aromatic N) is 3. The number of hydrogen-bond acceptors (Lipinski definition) is 4. The Labute approximate surface area is 88.6 Å². The van der Waals surface area contributed by atoms with Gasteiger partial charge in [0.25, 0.3) is 0 Å². The second kappa shape index (κ2) is 5.61. The van der Waals surface area contributed by atoms with Crippen molar-refractivity contribution in [1.82, 2.24) is 9.97 Å². The zero-order valence-electron chi connectivity index (χ0n) is 8.40. The third kappa shape index (κ3) is 3.75. The molecule has 4 heteroatoms. The molecular formula is C10H13N3S. The summed E-state index contributed by atoms with van der Waals surface area (Å²) in [5, 5.41) is 9.32. The second-order valence-electron chi connectivity index (χ2n) is 3.37. The van der Waals surface area contributed by atoms with Crippen LogP contribution in [0.4, 0.5) is 0 Å². The fourth-order valence-electron chi connectivity index (χ4n) is 0.859. The zero-order chi connectivity index (χ0) is 10.4. The first-order valence-electron chi connectivity index (χ1n) is 4.58. The van der Waals surface area contributed by atoms with Gasteiger partial charge in [0.05, 0.1) is 0 Å². The van der Waals surface area contributed by atoms with Gasteiger partial charge in [-0.15, -0.1) is 0 Å². The predicted octanol–water partition coefficient (Wildman–Crippen LogP) is 2.49. The molecule has 0 N–H and O–H groups in total. The molecule has 0 saturated carbocycles. The van der Waals surface area contributed by atoms with E-state index in [1.165, 1.54) is 0 Å². The second-order valence-corrected chi connectivity index (χ2v) is 4.43. The van der Waals surface area contributed by atoms with E-state index in [0.29, 0.717) is 16.8 Å². The molecule has 0 aromatic carbocycles. The van der Waals surface area contributed by atoms with E-state index >= 15 is 0 Å². The van der Waals surface area contributed by atoms with Gasteiger partial charge < -0.3 is 0 Å². The van der Waals surface area contributed by atoms with Gasteiger partial charge in [0.2, 0.25) is 0 Å². The van der Waals surface area contributed by atoms with Crippen LogP contribution in [-0.4, -0.2) is 15.7 Å². The van der Waals surface area contributed by atoms with Gasteiger partial charge in [-0.05, 0) is 18.4 Å². The first-order valence-corrected chi connectivity index (χ1v) is 5.57. The Hall–Kier alpha value is -1.08. The molecule has 1 aromatic heterocycles. The summed E-state index contributed by atoms with van der Waals surface area (Å²) in [6, 6.07) is 3.62. The molecule has 0 bridgehead atoms. The van der Waals surface area contributed by atoms with Crippen molar-refractivity contribution < 1.29 is 0 Å². The summed E-state index contributed by atoms with van der Waals surface area (Å²) in [5.41, 5.74) is 0.437. The molecule has 0 unspecified atom stereocenters. The quantitative estimate of drug-likeness (QED) is 0.562. The van der Waals surface area contributed by atoms with Crippen LogP contribution in [0.3, 0.4) is 0 Å². The Morgan fingerprint density at radius 3 is 3.00 bits per heavy atom. The van der Waals surface area contributed by atoms with Crippen molar-refractivity contribution in [3.8, 4) is 6.07 Å². The lowest BCUT2D eigenvalue weighted by Gasteiger charge is -2.02. The van der Waals surface area contributed by atoms with Gasteiger partial charge in [0.15, 0.2) is 5.16 Å². The monoisotopic (exact) mass is 207 g/mol. The molecule has 1 aromatic rings. The molecule has 1 rings (SSSR count). The van der Waals surface area contributed by atoms with Gasteiger partial charge in [0.1, 0.15) is 11.8 Å². The highest BCUT2D eigenvalue weighted by atomic mass is 32.2.